The molecule has 0 N–H and O–H groups in total. The Bertz CT molecular complexity index is 905. The van der Waals surface area contributed by atoms with Crippen molar-refractivity contribution in [3.63, 3.8) is 0 Å². The van der Waals surface area contributed by atoms with Crippen molar-refractivity contribution in [3.05, 3.63) is 48.1 Å². The highest BCUT2D eigenvalue weighted by Gasteiger charge is 2.17. The van der Waals surface area contributed by atoms with Gasteiger partial charge in [0.2, 0.25) is 6.79 Å². The lowest BCUT2D eigenvalue weighted by atomic mass is 10.2. The Balaban J connectivity index is 1.63. The molecule has 1 aromatic carbocycles. The van der Waals surface area contributed by atoms with Crippen LogP contribution in [0.1, 0.15) is 17.5 Å². The zero-order valence-corrected chi connectivity index (χ0v) is 15.7. The van der Waals surface area contributed by atoms with E-state index in [9.17, 15) is 0 Å². The van der Waals surface area contributed by atoms with E-state index in [2.05, 4.69) is 15.8 Å². The Morgan fingerprint density at radius 1 is 1.19 bits per heavy atom. The van der Waals surface area contributed by atoms with Crippen LogP contribution in [0.25, 0.3) is 5.69 Å². The largest absolute Gasteiger partial charge is 0.454 e. The second-order valence-corrected chi connectivity index (χ2v) is 7.04. The molecule has 0 spiro atoms. The number of aryl methyl sites for hydroxylation is 4. The maximum absolute atomic E-state index is 5.51. The van der Waals surface area contributed by atoms with Gasteiger partial charge in [0.25, 0.3) is 0 Å². The van der Waals surface area contributed by atoms with Crippen molar-refractivity contribution < 1.29 is 9.47 Å². The van der Waals surface area contributed by atoms with Gasteiger partial charge in [-0.25, -0.2) is 14.6 Å². The van der Waals surface area contributed by atoms with E-state index in [0.717, 1.165) is 59.8 Å². The standard InChI is InChI=1S/C18H21N5O2S/c1-13-19-7-9-22(13)8-5-18-20-17(6-10-26-2)21-23(18)14-3-4-15-16(11-14)25-12-24-15/h3-4,7,9,11H,5-6,8,10,12H2,1-2H3. The first-order valence-corrected chi connectivity index (χ1v) is 9.95. The van der Waals surface area contributed by atoms with Crippen LogP contribution in [0.2, 0.25) is 0 Å². The highest BCUT2D eigenvalue weighted by atomic mass is 32.2. The van der Waals surface area contributed by atoms with Gasteiger partial charge in [0.05, 0.1) is 5.69 Å². The average Bonchev–Trinajstić information content (AvgIpc) is 3.37. The molecule has 0 fully saturated rings. The summed E-state index contributed by atoms with van der Waals surface area (Å²) in [5.41, 5.74) is 0.939. The molecule has 0 aliphatic carbocycles. The molecule has 0 saturated heterocycles. The van der Waals surface area contributed by atoms with Crippen LogP contribution in [0.15, 0.2) is 30.6 Å². The summed E-state index contributed by atoms with van der Waals surface area (Å²) < 4.78 is 15.0. The molecule has 2 aromatic heterocycles. The number of hydrogen-bond donors (Lipinski definition) is 0. The zero-order chi connectivity index (χ0) is 17.9. The molecule has 8 heteroatoms. The van der Waals surface area contributed by atoms with Gasteiger partial charge in [-0.2, -0.15) is 16.9 Å². The number of hydrogen-bond acceptors (Lipinski definition) is 6. The molecule has 136 valence electrons. The summed E-state index contributed by atoms with van der Waals surface area (Å²) in [6, 6.07) is 5.87. The molecule has 3 heterocycles. The van der Waals surface area contributed by atoms with Crippen molar-refractivity contribution in [2.75, 3.05) is 18.8 Å². The summed E-state index contributed by atoms with van der Waals surface area (Å²) in [4.78, 5) is 9.06. The van der Waals surface area contributed by atoms with Crippen molar-refractivity contribution in [2.45, 2.75) is 26.3 Å². The fourth-order valence-electron chi connectivity index (χ4n) is 2.94. The summed E-state index contributed by atoms with van der Waals surface area (Å²) >= 11 is 1.80. The van der Waals surface area contributed by atoms with E-state index in [1.54, 1.807) is 11.8 Å². The molecule has 7 nitrogen and oxygen atoms in total. The van der Waals surface area contributed by atoms with Gasteiger partial charge in [0.1, 0.15) is 11.6 Å². The van der Waals surface area contributed by atoms with Crippen molar-refractivity contribution >= 4 is 11.8 Å². The minimum Gasteiger partial charge on any atom is -0.454 e. The van der Waals surface area contributed by atoms with E-state index in [-0.39, 0.29) is 6.79 Å². The Labute approximate surface area is 156 Å². The molecule has 1 aliphatic heterocycles. The van der Waals surface area contributed by atoms with Gasteiger partial charge in [-0.05, 0) is 25.3 Å². The molecule has 0 saturated carbocycles. The topological polar surface area (TPSA) is 67.0 Å². The first-order valence-electron chi connectivity index (χ1n) is 8.56. The lowest BCUT2D eigenvalue weighted by Gasteiger charge is -2.08. The summed E-state index contributed by atoms with van der Waals surface area (Å²) in [6.45, 7) is 3.09. The Morgan fingerprint density at radius 2 is 2.08 bits per heavy atom. The summed E-state index contributed by atoms with van der Waals surface area (Å²) in [7, 11) is 0. The molecular formula is C18H21N5O2S. The lowest BCUT2D eigenvalue weighted by Crippen LogP contribution is -2.08. The molecule has 26 heavy (non-hydrogen) atoms. The first kappa shape index (κ1) is 17.0. The molecule has 0 amide bonds. The van der Waals surface area contributed by atoms with E-state index in [4.69, 9.17) is 19.6 Å². The summed E-state index contributed by atoms with van der Waals surface area (Å²) in [6.07, 6.45) is 7.54. The number of nitrogens with zero attached hydrogens (tertiary/aromatic N) is 5. The summed E-state index contributed by atoms with van der Waals surface area (Å²) in [5.74, 6) is 5.34. The number of fused-ring (bicyclic) bond motifs is 1. The highest BCUT2D eigenvalue weighted by molar-refractivity contribution is 7.98. The third-order valence-electron chi connectivity index (χ3n) is 4.35. The molecule has 0 radical (unpaired) electrons. The van der Waals surface area contributed by atoms with Gasteiger partial charge in [-0.15, -0.1) is 0 Å². The lowest BCUT2D eigenvalue weighted by molar-refractivity contribution is 0.174. The van der Waals surface area contributed by atoms with Gasteiger partial charge >= 0.3 is 0 Å². The smallest absolute Gasteiger partial charge is 0.231 e. The average molecular weight is 371 g/mol. The normalized spacial score (nSPS) is 12.7. The van der Waals surface area contributed by atoms with Crippen molar-refractivity contribution in [1.82, 2.24) is 24.3 Å². The Morgan fingerprint density at radius 3 is 2.88 bits per heavy atom. The van der Waals surface area contributed by atoms with E-state index in [0.29, 0.717) is 0 Å². The van der Waals surface area contributed by atoms with Gasteiger partial charge in [0, 0.05) is 43.6 Å². The van der Waals surface area contributed by atoms with Crippen LogP contribution in [-0.2, 0) is 19.4 Å². The van der Waals surface area contributed by atoms with Gasteiger partial charge < -0.3 is 14.0 Å². The monoisotopic (exact) mass is 371 g/mol. The summed E-state index contributed by atoms with van der Waals surface area (Å²) in [5, 5.41) is 4.74. The quantitative estimate of drug-likeness (QED) is 0.636. The van der Waals surface area contributed by atoms with Crippen LogP contribution in [0, 0.1) is 6.92 Å². The van der Waals surface area contributed by atoms with E-state index >= 15 is 0 Å². The maximum atomic E-state index is 5.51. The number of thioether (sulfide) groups is 1. The minimum absolute atomic E-state index is 0.266. The fraction of sp³-hybridized carbons (Fsp3) is 0.389. The molecule has 1 aliphatic rings. The number of imidazole rings is 1. The van der Waals surface area contributed by atoms with Crippen LogP contribution >= 0.6 is 11.8 Å². The third-order valence-corrected chi connectivity index (χ3v) is 4.96. The van der Waals surface area contributed by atoms with E-state index in [1.807, 2.05) is 42.2 Å². The fourth-order valence-corrected chi connectivity index (χ4v) is 3.32. The Hall–Kier alpha value is -2.48. The third kappa shape index (κ3) is 3.41. The van der Waals surface area contributed by atoms with Crippen LogP contribution in [-0.4, -0.2) is 43.1 Å². The molecule has 0 unspecified atom stereocenters. The maximum Gasteiger partial charge on any atom is 0.231 e. The van der Waals surface area contributed by atoms with Crippen molar-refractivity contribution in [3.8, 4) is 17.2 Å². The van der Waals surface area contributed by atoms with Gasteiger partial charge in [-0.1, -0.05) is 0 Å². The van der Waals surface area contributed by atoms with Crippen LogP contribution in [0.3, 0.4) is 0 Å². The predicted molar refractivity (Wildman–Crippen MR) is 100 cm³/mol. The predicted octanol–water partition coefficient (Wildman–Crippen LogP) is 2.65. The van der Waals surface area contributed by atoms with Crippen LogP contribution < -0.4 is 9.47 Å². The Kier molecular flexibility index (Phi) is 4.83. The first-order chi connectivity index (χ1) is 12.7. The highest BCUT2D eigenvalue weighted by Crippen LogP contribution is 2.33. The number of aromatic nitrogens is 5. The van der Waals surface area contributed by atoms with Gasteiger partial charge in [0.15, 0.2) is 17.3 Å². The molecule has 0 atom stereocenters. The van der Waals surface area contributed by atoms with Crippen LogP contribution in [0.4, 0.5) is 0 Å². The number of ether oxygens (including phenoxy) is 2. The van der Waals surface area contributed by atoms with Gasteiger partial charge in [-0.3, -0.25) is 0 Å². The second-order valence-electron chi connectivity index (χ2n) is 6.05. The van der Waals surface area contributed by atoms with Crippen molar-refractivity contribution in [2.24, 2.45) is 0 Å². The SMILES string of the molecule is CSCCc1nc(CCn2ccnc2C)n(-c2ccc3c(c2)OCO3)n1. The second kappa shape index (κ2) is 7.41. The molecule has 4 rings (SSSR count). The number of rotatable bonds is 7. The molecule has 3 aromatic rings. The molecule has 0 bridgehead atoms. The van der Waals surface area contributed by atoms with Crippen molar-refractivity contribution in [1.29, 1.82) is 0 Å². The number of benzene rings is 1. The minimum atomic E-state index is 0.266. The van der Waals surface area contributed by atoms with E-state index in [1.165, 1.54) is 0 Å². The molecular weight excluding hydrogens is 350 g/mol. The zero-order valence-electron chi connectivity index (χ0n) is 14.9. The van der Waals surface area contributed by atoms with E-state index < -0.39 is 0 Å². The van der Waals surface area contributed by atoms with Crippen LogP contribution in [0.5, 0.6) is 11.5 Å².